The first kappa shape index (κ1) is 11.3. The van der Waals surface area contributed by atoms with E-state index >= 15 is 0 Å². The third kappa shape index (κ3) is 2.04. The average molecular weight is 250 g/mol. The highest BCUT2D eigenvalue weighted by molar-refractivity contribution is 6.03. The molecule has 0 atom stereocenters. The summed E-state index contributed by atoms with van der Waals surface area (Å²) in [4.78, 5) is 19.5. The molecule has 0 spiro atoms. The van der Waals surface area contributed by atoms with Gasteiger partial charge in [0.2, 0.25) is 0 Å². The number of aromatic nitrogens is 2. The van der Waals surface area contributed by atoms with Crippen molar-refractivity contribution in [2.75, 3.05) is 0 Å². The highest BCUT2D eigenvalue weighted by atomic mass is 16.4. The Labute approximate surface area is 109 Å². The van der Waals surface area contributed by atoms with E-state index in [0.717, 1.165) is 11.1 Å². The second-order valence-electron chi connectivity index (χ2n) is 4.14. The number of benzene rings is 1. The van der Waals surface area contributed by atoms with Crippen molar-refractivity contribution in [3.63, 3.8) is 0 Å². The van der Waals surface area contributed by atoms with Gasteiger partial charge in [-0.05, 0) is 29.8 Å². The first-order valence-corrected chi connectivity index (χ1v) is 5.78. The second-order valence-corrected chi connectivity index (χ2v) is 4.14. The predicted molar refractivity (Wildman–Crippen MR) is 71.9 cm³/mol. The Morgan fingerprint density at radius 2 is 1.95 bits per heavy atom. The minimum atomic E-state index is -0.948. The Bertz CT molecular complexity index is 754. The van der Waals surface area contributed by atoms with Crippen LogP contribution in [-0.4, -0.2) is 21.0 Å². The Kier molecular flexibility index (Phi) is 2.68. The molecule has 4 heteroatoms. The van der Waals surface area contributed by atoms with Gasteiger partial charge in [-0.15, -0.1) is 0 Å². The molecule has 2 aromatic heterocycles. The second kappa shape index (κ2) is 4.49. The van der Waals surface area contributed by atoms with Crippen LogP contribution in [0.3, 0.4) is 0 Å². The van der Waals surface area contributed by atoms with E-state index in [1.807, 2.05) is 30.3 Å². The van der Waals surface area contributed by atoms with Gasteiger partial charge in [-0.3, -0.25) is 9.97 Å². The lowest BCUT2D eigenvalue weighted by atomic mass is 10.0. The number of pyridine rings is 2. The molecular formula is C15H10N2O2. The lowest BCUT2D eigenvalue weighted by molar-refractivity contribution is 0.0699. The number of rotatable bonds is 2. The molecule has 4 nitrogen and oxygen atoms in total. The number of carboxylic acids is 1. The molecule has 1 aromatic carbocycles. The quantitative estimate of drug-likeness (QED) is 0.759. The monoisotopic (exact) mass is 250 g/mol. The van der Waals surface area contributed by atoms with E-state index < -0.39 is 5.97 Å². The summed E-state index contributed by atoms with van der Waals surface area (Å²) in [6, 6.07) is 10.9. The molecule has 2 heterocycles. The van der Waals surface area contributed by atoms with Crippen LogP contribution in [0.5, 0.6) is 0 Å². The summed E-state index contributed by atoms with van der Waals surface area (Å²) in [6.45, 7) is 0. The summed E-state index contributed by atoms with van der Waals surface area (Å²) in [7, 11) is 0. The Balaban J connectivity index is 2.25. The molecule has 0 unspecified atom stereocenters. The number of hydrogen-bond acceptors (Lipinski definition) is 3. The zero-order valence-corrected chi connectivity index (χ0v) is 9.95. The standard InChI is InChI=1S/C15H10N2O2/c18-15(19)12-5-7-17-14-4-3-10(8-13(12)14)11-2-1-6-16-9-11/h1-9H,(H,18,19). The third-order valence-corrected chi connectivity index (χ3v) is 2.97. The molecule has 19 heavy (non-hydrogen) atoms. The normalized spacial score (nSPS) is 10.5. The summed E-state index contributed by atoms with van der Waals surface area (Å²) in [6.07, 6.45) is 4.96. The minimum absolute atomic E-state index is 0.260. The van der Waals surface area contributed by atoms with Gasteiger partial charge in [-0.1, -0.05) is 12.1 Å². The van der Waals surface area contributed by atoms with Gasteiger partial charge in [0.25, 0.3) is 0 Å². The van der Waals surface area contributed by atoms with Crippen molar-refractivity contribution in [2.45, 2.75) is 0 Å². The number of hydrogen-bond donors (Lipinski definition) is 1. The van der Waals surface area contributed by atoms with Crippen LogP contribution in [0, 0.1) is 0 Å². The van der Waals surface area contributed by atoms with E-state index in [1.54, 1.807) is 12.4 Å². The molecule has 0 amide bonds. The fourth-order valence-electron chi connectivity index (χ4n) is 2.05. The largest absolute Gasteiger partial charge is 0.478 e. The van der Waals surface area contributed by atoms with Crippen LogP contribution < -0.4 is 0 Å². The van der Waals surface area contributed by atoms with E-state index in [1.165, 1.54) is 12.3 Å². The van der Waals surface area contributed by atoms with Crippen LogP contribution in [0.25, 0.3) is 22.0 Å². The zero-order valence-electron chi connectivity index (χ0n) is 9.95. The highest BCUT2D eigenvalue weighted by Gasteiger charge is 2.09. The predicted octanol–water partition coefficient (Wildman–Crippen LogP) is 3.00. The molecule has 0 fully saturated rings. The first-order chi connectivity index (χ1) is 9.25. The molecule has 0 bridgehead atoms. The van der Waals surface area contributed by atoms with Crippen LogP contribution >= 0.6 is 0 Å². The number of carboxylic acid groups (broad SMARTS) is 1. The molecule has 1 N–H and O–H groups in total. The lowest BCUT2D eigenvalue weighted by Gasteiger charge is -2.05. The lowest BCUT2D eigenvalue weighted by Crippen LogP contribution is -1.98. The molecule has 3 aromatic rings. The van der Waals surface area contributed by atoms with Gasteiger partial charge in [-0.2, -0.15) is 0 Å². The summed E-state index contributed by atoms with van der Waals surface area (Å²) in [5.41, 5.74) is 2.81. The number of carbonyl (C=O) groups is 1. The van der Waals surface area contributed by atoms with Gasteiger partial charge in [0.1, 0.15) is 0 Å². The maximum atomic E-state index is 11.2. The fraction of sp³-hybridized carbons (Fsp3) is 0. The van der Waals surface area contributed by atoms with E-state index in [0.29, 0.717) is 10.9 Å². The molecule has 3 rings (SSSR count). The summed E-state index contributed by atoms with van der Waals surface area (Å²) >= 11 is 0. The summed E-state index contributed by atoms with van der Waals surface area (Å²) < 4.78 is 0. The third-order valence-electron chi connectivity index (χ3n) is 2.97. The Morgan fingerprint density at radius 1 is 1.05 bits per heavy atom. The van der Waals surface area contributed by atoms with Crippen LogP contribution in [-0.2, 0) is 0 Å². The van der Waals surface area contributed by atoms with E-state index in [-0.39, 0.29) is 5.56 Å². The van der Waals surface area contributed by atoms with Crippen LogP contribution in [0.1, 0.15) is 10.4 Å². The molecule has 92 valence electrons. The van der Waals surface area contributed by atoms with Gasteiger partial charge in [-0.25, -0.2) is 4.79 Å². The van der Waals surface area contributed by atoms with Crippen molar-refractivity contribution in [1.82, 2.24) is 9.97 Å². The maximum absolute atomic E-state index is 11.2. The smallest absolute Gasteiger partial charge is 0.336 e. The minimum Gasteiger partial charge on any atom is -0.478 e. The Hall–Kier alpha value is -2.75. The Morgan fingerprint density at radius 3 is 2.68 bits per heavy atom. The maximum Gasteiger partial charge on any atom is 0.336 e. The van der Waals surface area contributed by atoms with Crippen LogP contribution in [0.2, 0.25) is 0 Å². The highest BCUT2D eigenvalue weighted by Crippen LogP contribution is 2.25. The average Bonchev–Trinajstić information content (AvgIpc) is 2.47. The first-order valence-electron chi connectivity index (χ1n) is 5.78. The molecule has 0 aliphatic rings. The summed E-state index contributed by atoms with van der Waals surface area (Å²) in [5, 5.41) is 9.84. The van der Waals surface area contributed by atoms with E-state index in [2.05, 4.69) is 9.97 Å². The topological polar surface area (TPSA) is 63.1 Å². The van der Waals surface area contributed by atoms with Gasteiger partial charge >= 0.3 is 5.97 Å². The van der Waals surface area contributed by atoms with Crippen LogP contribution in [0.15, 0.2) is 55.0 Å². The van der Waals surface area contributed by atoms with Crippen molar-refractivity contribution >= 4 is 16.9 Å². The molecule has 0 saturated heterocycles. The number of fused-ring (bicyclic) bond motifs is 1. The van der Waals surface area contributed by atoms with Crippen molar-refractivity contribution in [3.05, 3.63) is 60.6 Å². The van der Waals surface area contributed by atoms with Crippen molar-refractivity contribution < 1.29 is 9.90 Å². The molecule has 0 aliphatic heterocycles. The number of nitrogens with zero attached hydrogens (tertiary/aromatic N) is 2. The van der Waals surface area contributed by atoms with Crippen molar-refractivity contribution in [2.24, 2.45) is 0 Å². The molecular weight excluding hydrogens is 240 g/mol. The molecule has 0 aliphatic carbocycles. The van der Waals surface area contributed by atoms with Crippen molar-refractivity contribution in [1.29, 1.82) is 0 Å². The molecule has 0 saturated carbocycles. The molecule has 0 radical (unpaired) electrons. The SMILES string of the molecule is O=C(O)c1ccnc2ccc(-c3cccnc3)cc12. The van der Waals surface area contributed by atoms with Crippen molar-refractivity contribution in [3.8, 4) is 11.1 Å². The van der Waals surface area contributed by atoms with E-state index in [9.17, 15) is 9.90 Å². The van der Waals surface area contributed by atoms with Crippen LogP contribution in [0.4, 0.5) is 0 Å². The summed E-state index contributed by atoms with van der Waals surface area (Å²) in [5.74, 6) is -0.948. The van der Waals surface area contributed by atoms with Gasteiger partial charge < -0.3 is 5.11 Å². The fourth-order valence-corrected chi connectivity index (χ4v) is 2.05. The van der Waals surface area contributed by atoms with E-state index in [4.69, 9.17) is 0 Å². The zero-order chi connectivity index (χ0) is 13.2. The van der Waals surface area contributed by atoms with Gasteiger partial charge in [0, 0.05) is 29.5 Å². The van der Waals surface area contributed by atoms with Gasteiger partial charge in [0.15, 0.2) is 0 Å². The van der Waals surface area contributed by atoms with Gasteiger partial charge in [0.05, 0.1) is 11.1 Å². The number of aromatic carboxylic acids is 1.